The average molecular weight is 530 g/mol. The van der Waals surface area contributed by atoms with E-state index in [-0.39, 0.29) is 16.5 Å². The highest BCUT2D eigenvalue weighted by atomic mass is 32.2. The molecule has 0 radical (unpaired) electrons. The van der Waals surface area contributed by atoms with Gasteiger partial charge in [0.1, 0.15) is 18.5 Å². The maximum Gasteiger partial charge on any atom is 0.294 e. The third kappa shape index (κ3) is 5.75. The second-order valence-corrected chi connectivity index (χ2v) is 8.31. The number of aromatic nitrogens is 1. The van der Waals surface area contributed by atoms with Crippen LogP contribution >= 0.6 is 11.8 Å². The SMILES string of the molecule is O=C(CN1C(=O)S/C(=C\c2ccc(Oc3ccc([N+](=O)[O-])cn3)cc2)C1=O)Nc1ccc(F)c(F)c1F. The lowest BCUT2D eigenvalue weighted by Gasteiger charge is -2.13. The minimum atomic E-state index is -1.77. The smallest absolute Gasteiger partial charge is 0.294 e. The lowest BCUT2D eigenvalue weighted by Crippen LogP contribution is -2.36. The van der Waals surface area contributed by atoms with E-state index in [4.69, 9.17) is 4.74 Å². The summed E-state index contributed by atoms with van der Waals surface area (Å²) < 4.78 is 45.6. The number of pyridine rings is 1. The van der Waals surface area contributed by atoms with Gasteiger partial charge in [0, 0.05) is 12.1 Å². The molecule has 4 rings (SSSR count). The van der Waals surface area contributed by atoms with Crippen molar-refractivity contribution < 1.29 is 37.2 Å². The first kappa shape index (κ1) is 25.4. The Balaban J connectivity index is 1.39. The maximum absolute atomic E-state index is 13.8. The van der Waals surface area contributed by atoms with Gasteiger partial charge in [-0.2, -0.15) is 0 Å². The minimum absolute atomic E-state index is 0.0162. The van der Waals surface area contributed by atoms with E-state index in [9.17, 15) is 37.7 Å². The molecule has 1 fully saturated rings. The van der Waals surface area contributed by atoms with Crippen LogP contribution in [-0.4, -0.2) is 38.4 Å². The van der Waals surface area contributed by atoms with E-state index in [2.05, 4.69) is 4.98 Å². The van der Waals surface area contributed by atoms with Crippen molar-refractivity contribution in [3.8, 4) is 11.6 Å². The lowest BCUT2D eigenvalue weighted by atomic mass is 10.2. The summed E-state index contributed by atoms with van der Waals surface area (Å²) in [5.74, 6) is -6.10. The van der Waals surface area contributed by atoms with Gasteiger partial charge in [-0.1, -0.05) is 12.1 Å². The molecule has 0 aliphatic carbocycles. The van der Waals surface area contributed by atoms with Crippen molar-refractivity contribution in [2.45, 2.75) is 0 Å². The first-order valence-corrected chi connectivity index (χ1v) is 11.0. The van der Waals surface area contributed by atoms with Crippen LogP contribution < -0.4 is 10.1 Å². The van der Waals surface area contributed by atoms with E-state index in [1.165, 1.54) is 18.2 Å². The van der Waals surface area contributed by atoms with Gasteiger partial charge < -0.3 is 10.1 Å². The highest BCUT2D eigenvalue weighted by Gasteiger charge is 2.36. The van der Waals surface area contributed by atoms with Gasteiger partial charge in [0.05, 0.1) is 15.5 Å². The number of nitrogens with one attached hydrogen (secondary N) is 1. The second-order valence-electron chi connectivity index (χ2n) is 7.32. The summed E-state index contributed by atoms with van der Waals surface area (Å²) in [4.78, 5) is 51.6. The quantitative estimate of drug-likeness (QED) is 0.198. The molecule has 0 atom stereocenters. The summed E-state index contributed by atoms with van der Waals surface area (Å²) in [6.45, 7) is -0.768. The molecule has 3 amide bonds. The first-order chi connectivity index (χ1) is 17.6. The van der Waals surface area contributed by atoms with Crippen LogP contribution in [0, 0.1) is 27.6 Å². The lowest BCUT2D eigenvalue weighted by molar-refractivity contribution is -0.385. The number of amides is 3. The number of hydrogen-bond donors (Lipinski definition) is 1. The number of nitrogens with zero attached hydrogens (tertiary/aromatic N) is 3. The van der Waals surface area contributed by atoms with Crippen molar-refractivity contribution in [1.82, 2.24) is 9.88 Å². The molecule has 1 aliphatic rings. The maximum atomic E-state index is 13.8. The number of rotatable bonds is 7. The Kier molecular flexibility index (Phi) is 7.20. The van der Waals surface area contributed by atoms with Crippen LogP contribution in [0.15, 0.2) is 59.6 Å². The third-order valence-corrected chi connectivity index (χ3v) is 5.72. The second kappa shape index (κ2) is 10.5. The molecule has 1 aromatic heterocycles. The van der Waals surface area contributed by atoms with Gasteiger partial charge >= 0.3 is 0 Å². The van der Waals surface area contributed by atoms with E-state index < -0.39 is 51.7 Å². The topological polar surface area (TPSA) is 132 Å². The predicted octanol–water partition coefficient (Wildman–Crippen LogP) is 4.87. The summed E-state index contributed by atoms with van der Waals surface area (Å²) in [5.41, 5.74) is -0.314. The molecule has 0 bridgehead atoms. The van der Waals surface area contributed by atoms with Crippen LogP contribution in [-0.2, 0) is 9.59 Å². The average Bonchev–Trinajstić information content (AvgIpc) is 3.13. The number of anilines is 1. The van der Waals surface area contributed by atoms with Crippen LogP contribution in [0.2, 0.25) is 0 Å². The standard InChI is InChI=1S/C23H13F3N4O6S/c24-15-6-7-16(21(26)20(15)25)28-18(31)11-29-22(32)17(37-23(29)33)9-12-1-4-14(5-2-12)36-19-8-3-13(10-27-19)30(34)35/h1-10H,11H2,(H,28,31)/b17-9-. The predicted molar refractivity (Wildman–Crippen MR) is 125 cm³/mol. The number of halogens is 3. The van der Waals surface area contributed by atoms with Gasteiger partial charge in [0.2, 0.25) is 11.8 Å². The van der Waals surface area contributed by atoms with Gasteiger partial charge in [0.25, 0.3) is 16.8 Å². The van der Waals surface area contributed by atoms with Crippen molar-refractivity contribution in [1.29, 1.82) is 0 Å². The molecule has 0 saturated carbocycles. The Morgan fingerprint density at radius 2 is 1.81 bits per heavy atom. The minimum Gasteiger partial charge on any atom is -0.439 e. The largest absolute Gasteiger partial charge is 0.439 e. The number of imide groups is 1. The number of ether oxygens (including phenoxy) is 1. The number of carbonyl (C=O) groups excluding carboxylic acids is 3. The molecule has 1 N–H and O–H groups in total. The van der Waals surface area contributed by atoms with Crippen LogP contribution in [0.25, 0.3) is 6.08 Å². The number of carbonyl (C=O) groups is 3. The Morgan fingerprint density at radius 3 is 2.46 bits per heavy atom. The van der Waals surface area contributed by atoms with Crippen molar-refractivity contribution in [3.05, 3.63) is 92.8 Å². The molecule has 3 aromatic rings. The van der Waals surface area contributed by atoms with Crippen molar-refractivity contribution in [3.63, 3.8) is 0 Å². The summed E-state index contributed by atoms with van der Waals surface area (Å²) in [6, 6.07) is 10.2. The zero-order valence-corrected chi connectivity index (χ0v) is 19.1. The van der Waals surface area contributed by atoms with Gasteiger partial charge in [0.15, 0.2) is 17.5 Å². The highest BCUT2D eigenvalue weighted by Crippen LogP contribution is 2.32. The van der Waals surface area contributed by atoms with Crippen molar-refractivity contribution >= 4 is 46.3 Å². The number of thioether (sulfide) groups is 1. The monoisotopic (exact) mass is 530 g/mol. The van der Waals surface area contributed by atoms with Gasteiger partial charge in [-0.15, -0.1) is 0 Å². The number of hydrogen-bond acceptors (Lipinski definition) is 8. The Bertz CT molecular complexity index is 1450. The van der Waals surface area contributed by atoms with Crippen LogP contribution in [0.5, 0.6) is 11.6 Å². The molecule has 1 saturated heterocycles. The number of nitro groups is 1. The molecular formula is C23H13F3N4O6S. The fourth-order valence-corrected chi connectivity index (χ4v) is 3.88. The van der Waals surface area contributed by atoms with E-state index in [0.717, 1.165) is 12.3 Å². The number of benzene rings is 2. The zero-order valence-electron chi connectivity index (χ0n) is 18.3. The molecule has 14 heteroatoms. The van der Waals surface area contributed by atoms with Crippen LogP contribution in [0.3, 0.4) is 0 Å². The third-order valence-electron chi connectivity index (χ3n) is 4.82. The van der Waals surface area contributed by atoms with Gasteiger partial charge in [-0.3, -0.25) is 29.4 Å². The van der Waals surface area contributed by atoms with Crippen molar-refractivity contribution in [2.75, 3.05) is 11.9 Å². The zero-order chi connectivity index (χ0) is 26.7. The van der Waals surface area contributed by atoms with Gasteiger partial charge in [-0.05, 0) is 47.7 Å². The summed E-state index contributed by atoms with van der Waals surface area (Å²) in [5, 5.41) is 11.9. The molecule has 0 unspecified atom stereocenters. The Morgan fingerprint density at radius 1 is 1.08 bits per heavy atom. The summed E-state index contributed by atoms with van der Waals surface area (Å²) in [6.07, 6.45) is 2.46. The molecule has 0 spiro atoms. The van der Waals surface area contributed by atoms with E-state index >= 15 is 0 Å². The van der Waals surface area contributed by atoms with Crippen molar-refractivity contribution in [2.24, 2.45) is 0 Å². The molecule has 37 heavy (non-hydrogen) atoms. The fourth-order valence-electron chi connectivity index (χ4n) is 3.04. The van der Waals surface area contributed by atoms with E-state index in [1.54, 1.807) is 24.3 Å². The van der Waals surface area contributed by atoms with Crippen LogP contribution in [0.4, 0.5) is 29.3 Å². The molecule has 2 aromatic carbocycles. The van der Waals surface area contributed by atoms with Crippen LogP contribution in [0.1, 0.15) is 5.56 Å². The normalized spacial score (nSPS) is 14.2. The first-order valence-electron chi connectivity index (χ1n) is 10.2. The Labute approximate surface area is 209 Å². The van der Waals surface area contributed by atoms with Gasteiger partial charge in [-0.25, -0.2) is 18.2 Å². The molecule has 1 aliphatic heterocycles. The molecule has 2 heterocycles. The molecular weight excluding hydrogens is 517 g/mol. The highest BCUT2D eigenvalue weighted by molar-refractivity contribution is 8.18. The van der Waals surface area contributed by atoms with E-state index in [1.807, 2.05) is 5.32 Å². The Hall–Kier alpha value is -4.72. The fraction of sp³-hybridized carbons (Fsp3) is 0.0435. The molecule has 188 valence electrons. The van der Waals surface area contributed by atoms with E-state index in [0.29, 0.717) is 34.0 Å². The molecule has 10 nitrogen and oxygen atoms in total. The summed E-state index contributed by atoms with van der Waals surface area (Å²) in [7, 11) is 0. The summed E-state index contributed by atoms with van der Waals surface area (Å²) >= 11 is 0.582.